The highest BCUT2D eigenvalue weighted by Crippen LogP contribution is 2.28. The Labute approximate surface area is 205 Å². The lowest BCUT2D eigenvalue weighted by atomic mass is 10.2. The van der Waals surface area contributed by atoms with Gasteiger partial charge in [0, 0.05) is 17.1 Å². The lowest BCUT2D eigenvalue weighted by Crippen LogP contribution is -2.09. The van der Waals surface area contributed by atoms with E-state index in [1.54, 1.807) is 12.1 Å². The molecule has 0 amide bonds. The van der Waals surface area contributed by atoms with Crippen LogP contribution in [-0.2, 0) is 22.7 Å². The zero-order valence-electron chi connectivity index (χ0n) is 18.6. The fourth-order valence-corrected chi connectivity index (χ4v) is 4.08. The van der Waals surface area contributed by atoms with Gasteiger partial charge >= 0.3 is 5.97 Å². The summed E-state index contributed by atoms with van der Waals surface area (Å²) < 4.78 is 18.1. The van der Waals surface area contributed by atoms with Crippen molar-refractivity contribution < 1.29 is 18.8 Å². The molecule has 2 heterocycles. The van der Waals surface area contributed by atoms with Crippen LogP contribution in [0.3, 0.4) is 0 Å². The number of nitrogens with zero attached hydrogens (tertiary/aromatic N) is 5. The molecule has 0 aliphatic heterocycles. The van der Waals surface area contributed by atoms with Crippen molar-refractivity contribution in [2.45, 2.75) is 32.2 Å². The first-order valence-electron chi connectivity index (χ1n) is 10.6. The van der Waals surface area contributed by atoms with E-state index in [4.69, 9.17) is 25.6 Å². The molecule has 0 aliphatic rings. The second kappa shape index (κ2) is 11.2. The number of hydrogen-bond donors (Lipinski definition) is 0. The van der Waals surface area contributed by atoms with E-state index in [-0.39, 0.29) is 18.3 Å². The number of thioether (sulfide) groups is 1. The molecule has 9 nitrogen and oxygen atoms in total. The Morgan fingerprint density at radius 1 is 1.12 bits per heavy atom. The van der Waals surface area contributed by atoms with Gasteiger partial charge < -0.3 is 18.6 Å². The Hall–Kier alpha value is -3.37. The van der Waals surface area contributed by atoms with Crippen LogP contribution in [0.4, 0.5) is 0 Å². The first-order valence-corrected chi connectivity index (χ1v) is 12.0. The highest BCUT2D eigenvalue weighted by Gasteiger charge is 2.17. The van der Waals surface area contributed by atoms with E-state index in [2.05, 4.69) is 20.3 Å². The standard InChI is InChI=1S/C23H22ClN5O4S/c1-3-29-22(15-9-11-16(24)12-10-15)26-27-23(29)34-14-20(30)32-13-19-25-21(28-33-19)17-7-5-6-8-18(17)31-4-2/h5-12H,3-4,13-14H2,1-2H3. The molecule has 0 N–H and O–H groups in total. The van der Waals surface area contributed by atoms with E-state index in [0.717, 1.165) is 5.56 Å². The van der Waals surface area contributed by atoms with Gasteiger partial charge in [-0.2, -0.15) is 4.98 Å². The van der Waals surface area contributed by atoms with Gasteiger partial charge in [0.05, 0.1) is 17.9 Å². The summed E-state index contributed by atoms with van der Waals surface area (Å²) in [4.78, 5) is 16.6. The van der Waals surface area contributed by atoms with Crippen molar-refractivity contribution in [3.05, 3.63) is 59.4 Å². The summed E-state index contributed by atoms with van der Waals surface area (Å²) in [6.07, 6.45) is 0. The maximum atomic E-state index is 12.3. The molecule has 34 heavy (non-hydrogen) atoms. The summed E-state index contributed by atoms with van der Waals surface area (Å²) in [7, 11) is 0. The highest BCUT2D eigenvalue weighted by atomic mass is 35.5. The van der Waals surface area contributed by atoms with Crippen LogP contribution in [0, 0.1) is 0 Å². The number of rotatable bonds is 10. The maximum Gasteiger partial charge on any atom is 0.316 e. The number of halogens is 1. The molecule has 0 aliphatic carbocycles. The Kier molecular flexibility index (Phi) is 7.81. The zero-order valence-corrected chi connectivity index (χ0v) is 20.2. The number of esters is 1. The second-order valence-electron chi connectivity index (χ2n) is 6.95. The highest BCUT2D eigenvalue weighted by molar-refractivity contribution is 7.99. The summed E-state index contributed by atoms with van der Waals surface area (Å²) in [5, 5.41) is 13.7. The number of benzene rings is 2. The molecule has 11 heteroatoms. The number of hydrogen-bond acceptors (Lipinski definition) is 9. The van der Waals surface area contributed by atoms with Crippen LogP contribution >= 0.6 is 23.4 Å². The fraction of sp³-hybridized carbons (Fsp3) is 0.261. The quantitative estimate of drug-likeness (QED) is 0.222. The smallest absolute Gasteiger partial charge is 0.316 e. The predicted molar refractivity (Wildman–Crippen MR) is 128 cm³/mol. The molecule has 0 atom stereocenters. The average molecular weight is 500 g/mol. The Bertz CT molecular complexity index is 1260. The van der Waals surface area contributed by atoms with E-state index in [1.807, 2.05) is 54.8 Å². The molecular weight excluding hydrogens is 478 g/mol. The van der Waals surface area contributed by atoms with Crippen LogP contribution in [0.25, 0.3) is 22.8 Å². The molecule has 0 fully saturated rings. The van der Waals surface area contributed by atoms with E-state index >= 15 is 0 Å². The van der Waals surface area contributed by atoms with Crippen molar-refractivity contribution >= 4 is 29.3 Å². The molecule has 4 aromatic rings. The van der Waals surface area contributed by atoms with Gasteiger partial charge in [0.25, 0.3) is 5.89 Å². The summed E-state index contributed by atoms with van der Waals surface area (Å²) in [5.41, 5.74) is 1.60. The van der Waals surface area contributed by atoms with Crippen molar-refractivity contribution in [3.63, 3.8) is 0 Å². The summed E-state index contributed by atoms with van der Waals surface area (Å²) in [6.45, 7) is 4.93. The predicted octanol–water partition coefficient (Wildman–Crippen LogP) is 4.90. The Morgan fingerprint density at radius 2 is 1.91 bits per heavy atom. The number of aromatic nitrogens is 5. The minimum atomic E-state index is -0.432. The van der Waals surface area contributed by atoms with Crippen LogP contribution in [0.15, 0.2) is 58.2 Å². The number of para-hydroxylation sites is 1. The third-order valence-electron chi connectivity index (χ3n) is 4.71. The normalized spacial score (nSPS) is 10.9. The molecule has 0 saturated heterocycles. The van der Waals surface area contributed by atoms with Crippen LogP contribution < -0.4 is 4.74 Å². The van der Waals surface area contributed by atoms with Crippen LogP contribution in [0.1, 0.15) is 19.7 Å². The lowest BCUT2D eigenvalue weighted by molar-refractivity contribution is -0.142. The molecule has 0 spiro atoms. The Morgan fingerprint density at radius 3 is 2.68 bits per heavy atom. The second-order valence-corrected chi connectivity index (χ2v) is 8.33. The lowest BCUT2D eigenvalue weighted by Gasteiger charge is -2.07. The maximum absolute atomic E-state index is 12.3. The summed E-state index contributed by atoms with van der Waals surface area (Å²) in [5.74, 6) is 1.56. The van der Waals surface area contributed by atoms with Crippen molar-refractivity contribution in [3.8, 4) is 28.5 Å². The van der Waals surface area contributed by atoms with Gasteiger partial charge in [-0.25, -0.2) is 0 Å². The van der Waals surface area contributed by atoms with Gasteiger partial charge in [0.1, 0.15) is 5.75 Å². The van der Waals surface area contributed by atoms with E-state index in [9.17, 15) is 4.79 Å². The van der Waals surface area contributed by atoms with Gasteiger partial charge in [0.2, 0.25) is 5.82 Å². The molecule has 0 unspecified atom stereocenters. The monoisotopic (exact) mass is 499 g/mol. The van der Waals surface area contributed by atoms with Crippen molar-refractivity contribution in [1.29, 1.82) is 0 Å². The van der Waals surface area contributed by atoms with Gasteiger partial charge in [-0.3, -0.25) is 4.79 Å². The molecule has 2 aromatic carbocycles. The SMILES string of the molecule is CCOc1ccccc1-c1noc(COC(=O)CSc2nnc(-c3ccc(Cl)cc3)n2CC)n1. The molecule has 0 saturated carbocycles. The molecule has 0 bridgehead atoms. The number of carbonyl (C=O) groups is 1. The molecular formula is C23H22ClN5O4S. The summed E-state index contributed by atoms with van der Waals surface area (Å²) >= 11 is 7.22. The minimum Gasteiger partial charge on any atom is -0.493 e. The average Bonchev–Trinajstić information content (AvgIpc) is 3.49. The zero-order chi connectivity index (χ0) is 23.9. The first-order chi connectivity index (χ1) is 16.6. The molecule has 4 rings (SSSR count). The van der Waals surface area contributed by atoms with Gasteiger partial charge in [-0.15, -0.1) is 10.2 Å². The van der Waals surface area contributed by atoms with Crippen LogP contribution in [0.5, 0.6) is 5.75 Å². The Balaban J connectivity index is 1.34. The number of carbonyl (C=O) groups excluding carboxylic acids is 1. The van der Waals surface area contributed by atoms with Gasteiger partial charge in [-0.05, 0) is 50.2 Å². The third-order valence-corrected chi connectivity index (χ3v) is 5.90. The summed E-state index contributed by atoms with van der Waals surface area (Å²) in [6, 6.07) is 14.8. The topological polar surface area (TPSA) is 105 Å². The minimum absolute atomic E-state index is 0.0624. The fourth-order valence-electron chi connectivity index (χ4n) is 3.16. The van der Waals surface area contributed by atoms with E-state index < -0.39 is 5.97 Å². The van der Waals surface area contributed by atoms with Crippen LogP contribution in [0.2, 0.25) is 5.02 Å². The van der Waals surface area contributed by atoms with Crippen LogP contribution in [-0.4, -0.2) is 43.2 Å². The molecule has 176 valence electrons. The molecule has 2 aromatic heterocycles. The van der Waals surface area contributed by atoms with E-state index in [0.29, 0.717) is 46.3 Å². The molecule has 0 radical (unpaired) electrons. The van der Waals surface area contributed by atoms with Gasteiger partial charge in [0.15, 0.2) is 17.6 Å². The van der Waals surface area contributed by atoms with E-state index in [1.165, 1.54) is 11.8 Å². The van der Waals surface area contributed by atoms with Crippen molar-refractivity contribution in [2.24, 2.45) is 0 Å². The number of ether oxygens (including phenoxy) is 2. The van der Waals surface area contributed by atoms with Crippen molar-refractivity contribution in [2.75, 3.05) is 12.4 Å². The van der Waals surface area contributed by atoms with Gasteiger partial charge in [-0.1, -0.05) is 40.7 Å². The third kappa shape index (κ3) is 5.57. The first kappa shape index (κ1) is 23.8. The largest absolute Gasteiger partial charge is 0.493 e. The van der Waals surface area contributed by atoms with Crippen molar-refractivity contribution in [1.82, 2.24) is 24.9 Å².